The van der Waals surface area contributed by atoms with Crippen LogP contribution < -0.4 is 20.1 Å². The number of halogens is 1. The molecule has 1 aromatic heterocycles. The second kappa shape index (κ2) is 10.3. The van der Waals surface area contributed by atoms with Crippen molar-refractivity contribution in [2.75, 3.05) is 13.3 Å². The van der Waals surface area contributed by atoms with E-state index in [2.05, 4.69) is 15.7 Å². The largest absolute Gasteiger partial charge is 0.454 e. The zero-order chi connectivity index (χ0) is 25.9. The average Bonchev–Trinajstić information content (AvgIpc) is 3.51. The maximum Gasteiger partial charge on any atom is 0.272 e. The van der Waals surface area contributed by atoms with E-state index in [1.807, 2.05) is 6.07 Å². The molecule has 1 atom stereocenters. The van der Waals surface area contributed by atoms with Gasteiger partial charge in [-0.25, -0.2) is 4.39 Å². The lowest BCUT2D eigenvalue weighted by atomic mass is 10.2. The predicted molar refractivity (Wildman–Crippen MR) is 129 cm³/mol. The lowest BCUT2D eigenvalue weighted by Gasteiger charge is -2.20. The number of nitrogens with zero attached hydrogens (tertiary/aromatic N) is 3. The van der Waals surface area contributed by atoms with Crippen LogP contribution in [0.5, 0.6) is 11.5 Å². The Morgan fingerprint density at radius 3 is 2.62 bits per heavy atom. The van der Waals surface area contributed by atoms with Crippen molar-refractivity contribution in [3.05, 3.63) is 76.9 Å². The molecule has 0 aliphatic carbocycles. The fourth-order valence-corrected chi connectivity index (χ4v) is 4.24. The number of amides is 3. The number of rotatable bonds is 7. The molecule has 3 amide bonds. The van der Waals surface area contributed by atoms with Crippen LogP contribution in [0.2, 0.25) is 0 Å². The Kier molecular flexibility index (Phi) is 6.76. The van der Waals surface area contributed by atoms with Crippen molar-refractivity contribution >= 4 is 17.7 Å². The minimum atomic E-state index is -0.825. The highest BCUT2D eigenvalue weighted by Gasteiger charge is 2.27. The van der Waals surface area contributed by atoms with E-state index in [4.69, 9.17) is 9.47 Å². The summed E-state index contributed by atoms with van der Waals surface area (Å²) in [5, 5.41) is 9.72. The Hall–Kier alpha value is -4.41. The van der Waals surface area contributed by atoms with Crippen molar-refractivity contribution < 1.29 is 28.2 Å². The molecule has 2 aromatic carbocycles. The number of carbonyl (C=O) groups excluding carboxylic acids is 3. The molecule has 0 radical (unpaired) electrons. The molecule has 37 heavy (non-hydrogen) atoms. The number of aromatic nitrogens is 2. The summed E-state index contributed by atoms with van der Waals surface area (Å²) in [4.78, 5) is 40.2. The Morgan fingerprint density at radius 2 is 1.81 bits per heavy atom. The molecule has 10 nitrogen and oxygen atoms in total. The first-order chi connectivity index (χ1) is 17.9. The molecule has 3 aromatic rings. The standard InChI is InChI=1S/C26H26FN5O5/c1-16(24(33)28-13-18-5-8-22-23(11-18)37-15-36-22)29-25(34)20-12-21-26(35)31(9-2-10-32(21)30-20)14-17-3-6-19(27)7-4-17/h3-8,11-12,16H,2,9-10,13-15H2,1H3,(H,28,33)(H,29,34). The number of nitrogens with one attached hydrogen (secondary N) is 2. The summed E-state index contributed by atoms with van der Waals surface area (Å²) >= 11 is 0. The normalized spacial score (nSPS) is 15.1. The summed E-state index contributed by atoms with van der Waals surface area (Å²) in [6.07, 6.45) is 0.654. The number of hydrogen-bond acceptors (Lipinski definition) is 6. The molecule has 2 N–H and O–H groups in total. The van der Waals surface area contributed by atoms with Crippen LogP contribution in [0.3, 0.4) is 0 Å². The molecule has 11 heteroatoms. The average molecular weight is 508 g/mol. The lowest BCUT2D eigenvalue weighted by molar-refractivity contribution is -0.122. The van der Waals surface area contributed by atoms with Crippen molar-refractivity contribution in [1.82, 2.24) is 25.3 Å². The number of ether oxygens (including phenoxy) is 2. The van der Waals surface area contributed by atoms with Crippen molar-refractivity contribution in [1.29, 1.82) is 0 Å². The number of hydrogen-bond donors (Lipinski definition) is 2. The van der Waals surface area contributed by atoms with Gasteiger partial charge in [0, 0.05) is 32.2 Å². The third kappa shape index (κ3) is 5.40. The van der Waals surface area contributed by atoms with E-state index >= 15 is 0 Å². The van der Waals surface area contributed by atoms with Gasteiger partial charge in [0.25, 0.3) is 11.8 Å². The quantitative estimate of drug-likeness (QED) is 0.507. The molecule has 1 unspecified atom stereocenters. The summed E-state index contributed by atoms with van der Waals surface area (Å²) in [5.41, 5.74) is 1.99. The van der Waals surface area contributed by atoms with E-state index in [0.29, 0.717) is 43.2 Å². The molecular formula is C26H26FN5O5. The third-order valence-corrected chi connectivity index (χ3v) is 6.25. The fraction of sp³-hybridized carbons (Fsp3) is 0.308. The minimum Gasteiger partial charge on any atom is -0.454 e. The molecule has 0 saturated heterocycles. The van der Waals surface area contributed by atoms with Gasteiger partial charge in [-0.2, -0.15) is 5.10 Å². The van der Waals surface area contributed by atoms with Crippen molar-refractivity contribution in [2.24, 2.45) is 0 Å². The van der Waals surface area contributed by atoms with E-state index < -0.39 is 11.9 Å². The topological polar surface area (TPSA) is 115 Å². The summed E-state index contributed by atoms with van der Waals surface area (Å²) in [6, 6.07) is 12.0. The van der Waals surface area contributed by atoms with Gasteiger partial charge >= 0.3 is 0 Å². The van der Waals surface area contributed by atoms with Crippen LogP contribution in [-0.2, 0) is 24.4 Å². The van der Waals surface area contributed by atoms with Crippen LogP contribution in [0.1, 0.15) is 45.4 Å². The molecule has 0 spiro atoms. The smallest absolute Gasteiger partial charge is 0.272 e. The van der Waals surface area contributed by atoms with Gasteiger partial charge in [0.1, 0.15) is 17.6 Å². The zero-order valence-corrected chi connectivity index (χ0v) is 20.2. The maximum absolute atomic E-state index is 13.2. The minimum absolute atomic E-state index is 0.0578. The zero-order valence-electron chi connectivity index (χ0n) is 20.2. The van der Waals surface area contributed by atoms with Gasteiger partial charge in [0.15, 0.2) is 17.2 Å². The van der Waals surface area contributed by atoms with Crippen molar-refractivity contribution in [3.8, 4) is 11.5 Å². The van der Waals surface area contributed by atoms with Crippen LogP contribution >= 0.6 is 0 Å². The molecule has 0 fully saturated rings. The number of aryl methyl sites for hydroxylation is 1. The van der Waals surface area contributed by atoms with Crippen molar-refractivity contribution in [2.45, 2.75) is 39.0 Å². The highest BCUT2D eigenvalue weighted by atomic mass is 19.1. The van der Waals surface area contributed by atoms with Gasteiger partial charge in [0.2, 0.25) is 12.7 Å². The lowest BCUT2D eigenvalue weighted by Crippen LogP contribution is -2.44. The molecule has 3 heterocycles. The van der Waals surface area contributed by atoms with E-state index in [9.17, 15) is 18.8 Å². The fourth-order valence-electron chi connectivity index (χ4n) is 4.24. The molecule has 5 rings (SSSR count). The second-order valence-electron chi connectivity index (χ2n) is 8.95. The van der Waals surface area contributed by atoms with E-state index in [1.165, 1.54) is 22.9 Å². The SMILES string of the molecule is CC(NC(=O)c1cc2n(n1)CCCN(Cc1ccc(F)cc1)C2=O)C(=O)NCc1ccc2c(c1)OCO2. The van der Waals surface area contributed by atoms with Crippen LogP contribution in [0.15, 0.2) is 48.5 Å². The van der Waals surface area contributed by atoms with Crippen LogP contribution in [0, 0.1) is 5.82 Å². The first-order valence-electron chi connectivity index (χ1n) is 12.0. The Bertz CT molecular complexity index is 1340. The number of fused-ring (bicyclic) bond motifs is 2. The molecule has 192 valence electrons. The number of benzene rings is 2. The first kappa shape index (κ1) is 24.3. The Balaban J connectivity index is 1.19. The van der Waals surface area contributed by atoms with E-state index in [0.717, 1.165) is 11.1 Å². The highest BCUT2D eigenvalue weighted by Crippen LogP contribution is 2.32. The highest BCUT2D eigenvalue weighted by molar-refractivity contribution is 5.99. The second-order valence-corrected chi connectivity index (χ2v) is 8.95. The molecule has 0 bridgehead atoms. The maximum atomic E-state index is 13.2. The van der Waals surface area contributed by atoms with Gasteiger partial charge in [0.05, 0.1) is 0 Å². The third-order valence-electron chi connectivity index (χ3n) is 6.25. The van der Waals surface area contributed by atoms with Gasteiger partial charge < -0.3 is 25.0 Å². The first-order valence-corrected chi connectivity index (χ1v) is 12.0. The summed E-state index contributed by atoms with van der Waals surface area (Å²) in [6.45, 7) is 3.31. The van der Waals surface area contributed by atoms with Gasteiger partial charge in [-0.15, -0.1) is 0 Å². The molecule has 2 aliphatic rings. The van der Waals surface area contributed by atoms with Crippen LogP contribution in [-0.4, -0.2) is 51.8 Å². The Morgan fingerprint density at radius 1 is 1.05 bits per heavy atom. The van der Waals surface area contributed by atoms with Crippen molar-refractivity contribution in [3.63, 3.8) is 0 Å². The predicted octanol–water partition coefficient (Wildman–Crippen LogP) is 2.23. The van der Waals surface area contributed by atoms with Gasteiger partial charge in [-0.1, -0.05) is 18.2 Å². The number of carbonyl (C=O) groups is 3. The van der Waals surface area contributed by atoms with Gasteiger partial charge in [-0.3, -0.25) is 19.1 Å². The summed E-state index contributed by atoms with van der Waals surface area (Å²) < 4.78 is 25.4. The Labute approximate surface area is 212 Å². The molecular weight excluding hydrogens is 481 g/mol. The monoisotopic (exact) mass is 507 g/mol. The van der Waals surface area contributed by atoms with Gasteiger partial charge in [-0.05, 0) is 48.7 Å². The molecule has 0 saturated carbocycles. The van der Waals surface area contributed by atoms with E-state index in [1.54, 1.807) is 36.1 Å². The summed E-state index contributed by atoms with van der Waals surface area (Å²) in [5.74, 6) is -0.236. The van der Waals surface area contributed by atoms with E-state index in [-0.39, 0.29) is 36.7 Å². The van der Waals surface area contributed by atoms with Crippen LogP contribution in [0.25, 0.3) is 0 Å². The summed E-state index contributed by atoms with van der Waals surface area (Å²) in [7, 11) is 0. The molecule has 2 aliphatic heterocycles. The van der Waals surface area contributed by atoms with Crippen LogP contribution in [0.4, 0.5) is 4.39 Å².